The molecule has 0 unspecified atom stereocenters. The quantitative estimate of drug-likeness (QED) is 0.816. The van der Waals surface area contributed by atoms with Crippen molar-refractivity contribution in [2.24, 2.45) is 0 Å². The van der Waals surface area contributed by atoms with E-state index in [4.69, 9.17) is 4.74 Å². The van der Waals surface area contributed by atoms with Crippen LogP contribution in [0.15, 0.2) is 35.2 Å². The molecule has 0 saturated carbocycles. The molecule has 1 fully saturated rings. The summed E-state index contributed by atoms with van der Waals surface area (Å²) in [7, 11) is -3.51. The third-order valence-electron chi connectivity index (χ3n) is 3.23. The molecule has 4 nitrogen and oxygen atoms in total. The normalized spacial score (nSPS) is 27.5. The van der Waals surface area contributed by atoms with Gasteiger partial charge in [0.2, 0.25) is 0 Å². The maximum atomic E-state index is 12.2. The molecule has 5 heteroatoms. The monoisotopic (exact) mass is 256 g/mol. The van der Waals surface area contributed by atoms with Crippen LogP contribution in [-0.2, 0) is 14.6 Å². The fourth-order valence-corrected chi connectivity index (χ4v) is 3.37. The van der Waals surface area contributed by atoms with Gasteiger partial charge in [0, 0.05) is 0 Å². The molecule has 0 aliphatic carbocycles. The van der Waals surface area contributed by atoms with Gasteiger partial charge in [-0.1, -0.05) is 18.2 Å². The van der Waals surface area contributed by atoms with E-state index in [2.05, 4.69) is 0 Å². The van der Waals surface area contributed by atoms with Crippen molar-refractivity contribution in [1.82, 2.24) is 0 Å². The van der Waals surface area contributed by atoms with Gasteiger partial charge in [-0.2, -0.15) is 0 Å². The molecule has 0 amide bonds. The molecule has 1 aliphatic heterocycles. The second-order valence-electron chi connectivity index (χ2n) is 4.61. The van der Waals surface area contributed by atoms with Crippen LogP contribution in [-0.4, -0.2) is 37.1 Å². The Hall–Kier alpha value is -0.910. The Morgan fingerprint density at radius 3 is 2.35 bits per heavy atom. The van der Waals surface area contributed by atoms with Gasteiger partial charge in [0.1, 0.15) is 11.7 Å². The molecule has 1 saturated heterocycles. The van der Waals surface area contributed by atoms with Crippen molar-refractivity contribution < 1.29 is 18.3 Å². The average Bonchev–Trinajstić information content (AvgIpc) is 3.08. The molecule has 0 spiro atoms. The smallest absolute Gasteiger partial charge is 0.183 e. The predicted molar refractivity (Wildman–Crippen MR) is 63.5 cm³/mol. The van der Waals surface area contributed by atoms with E-state index < -0.39 is 26.8 Å². The van der Waals surface area contributed by atoms with Crippen LogP contribution in [0.3, 0.4) is 0 Å². The van der Waals surface area contributed by atoms with Crippen LogP contribution in [0.4, 0.5) is 0 Å². The first-order valence-electron chi connectivity index (χ1n) is 5.49. The van der Waals surface area contributed by atoms with Gasteiger partial charge in [0.15, 0.2) is 9.84 Å². The van der Waals surface area contributed by atoms with Gasteiger partial charge in [-0.25, -0.2) is 8.42 Å². The van der Waals surface area contributed by atoms with Gasteiger partial charge in [-0.05, 0) is 26.0 Å². The minimum Gasteiger partial charge on any atom is -0.389 e. The number of aliphatic hydroxyl groups excluding tert-OH is 1. The molecule has 0 bridgehead atoms. The standard InChI is InChI=1S/C12H16O4S/c1-9(11(13)12(2)8-16-12)17(14,15)10-6-4-3-5-7-10/h3-7,9,11,13H,8H2,1-2H3/t9-,11-,12+/m0/s1. The highest BCUT2D eigenvalue weighted by atomic mass is 32.2. The lowest BCUT2D eigenvalue weighted by atomic mass is 10.0. The number of hydrogen-bond acceptors (Lipinski definition) is 4. The highest BCUT2D eigenvalue weighted by molar-refractivity contribution is 7.92. The van der Waals surface area contributed by atoms with Crippen LogP contribution in [0.1, 0.15) is 13.8 Å². The minimum absolute atomic E-state index is 0.232. The Balaban J connectivity index is 2.27. The fraction of sp³-hybridized carbons (Fsp3) is 0.500. The molecule has 3 atom stereocenters. The molecular weight excluding hydrogens is 240 g/mol. The number of rotatable bonds is 4. The van der Waals surface area contributed by atoms with Crippen LogP contribution in [0, 0.1) is 0 Å². The molecule has 17 heavy (non-hydrogen) atoms. The summed E-state index contributed by atoms with van der Waals surface area (Å²) in [4.78, 5) is 0.232. The second kappa shape index (κ2) is 4.08. The highest BCUT2D eigenvalue weighted by Crippen LogP contribution is 2.34. The topological polar surface area (TPSA) is 66.9 Å². The predicted octanol–water partition coefficient (Wildman–Crippen LogP) is 0.999. The molecule has 0 aromatic heterocycles. The van der Waals surface area contributed by atoms with E-state index in [-0.39, 0.29) is 4.90 Å². The van der Waals surface area contributed by atoms with Crippen molar-refractivity contribution in [2.45, 2.75) is 35.7 Å². The summed E-state index contributed by atoms with van der Waals surface area (Å²) in [6.45, 7) is 3.64. The number of ether oxygens (including phenoxy) is 1. The van der Waals surface area contributed by atoms with Gasteiger partial charge in [0.25, 0.3) is 0 Å². The van der Waals surface area contributed by atoms with Crippen LogP contribution < -0.4 is 0 Å². The lowest BCUT2D eigenvalue weighted by Gasteiger charge is -2.22. The molecule has 94 valence electrons. The second-order valence-corrected chi connectivity index (χ2v) is 6.91. The van der Waals surface area contributed by atoms with Crippen molar-refractivity contribution in [3.63, 3.8) is 0 Å². The van der Waals surface area contributed by atoms with E-state index in [9.17, 15) is 13.5 Å². The number of benzene rings is 1. The lowest BCUT2D eigenvalue weighted by Crippen LogP contribution is -2.41. The van der Waals surface area contributed by atoms with E-state index in [1.165, 1.54) is 19.1 Å². The van der Waals surface area contributed by atoms with Crippen molar-refractivity contribution in [3.8, 4) is 0 Å². The van der Waals surface area contributed by atoms with Gasteiger partial charge >= 0.3 is 0 Å². The van der Waals surface area contributed by atoms with E-state index in [1.807, 2.05) is 0 Å². The Bertz CT molecular complexity index is 490. The molecular formula is C12H16O4S. The van der Waals surface area contributed by atoms with Gasteiger partial charge in [-0.3, -0.25) is 0 Å². The first-order valence-corrected chi connectivity index (χ1v) is 7.03. The summed E-state index contributed by atoms with van der Waals surface area (Å²) in [6.07, 6.45) is -1.01. The van der Waals surface area contributed by atoms with Crippen LogP contribution >= 0.6 is 0 Å². The summed E-state index contributed by atoms with van der Waals surface area (Å²) >= 11 is 0. The zero-order chi connectivity index (χ0) is 12.7. The summed E-state index contributed by atoms with van der Waals surface area (Å²) < 4.78 is 29.6. The van der Waals surface area contributed by atoms with E-state index in [0.717, 1.165) is 0 Å². The van der Waals surface area contributed by atoms with Crippen LogP contribution in [0.25, 0.3) is 0 Å². The molecule has 1 aromatic rings. The number of aliphatic hydroxyl groups is 1. The van der Waals surface area contributed by atoms with Gasteiger partial charge < -0.3 is 9.84 Å². The summed E-state index contributed by atoms with van der Waals surface area (Å²) in [5, 5.41) is 9.13. The lowest BCUT2D eigenvalue weighted by molar-refractivity contribution is 0.0840. The highest BCUT2D eigenvalue weighted by Gasteiger charge is 2.51. The van der Waals surface area contributed by atoms with Gasteiger partial charge in [-0.15, -0.1) is 0 Å². The summed E-state index contributed by atoms with van der Waals surface area (Å²) in [5.41, 5.74) is -0.707. The first-order chi connectivity index (χ1) is 7.88. The Morgan fingerprint density at radius 2 is 1.88 bits per heavy atom. The number of epoxide rings is 1. The van der Waals surface area contributed by atoms with E-state index >= 15 is 0 Å². The van der Waals surface area contributed by atoms with Crippen molar-refractivity contribution in [3.05, 3.63) is 30.3 Å². The van der Waals surface area contributed by atoms with Crippen molar-refractivity contribution in [2.75, 3.05) is 6.61 Å². The fourth-order valence-electron chi connectivity index (χ4n) is 1.78. The largest absolute Gasteiger partial charge is 0.389 e. The summed E-state index contributed by atoms with van der Waals surface area (Å²) in [6, 6.07) is 8.16. The van der Waals surface area contributed by atoms with Crippen molar-refractivity contribution >= 4 is 9.84 Å². The molecule has 1 N–H and O–H groups in total. The summed E-state index contributed by atoms with van der Waals surface area (Å²) in [5.74, 6) is 0. The Labute approximate surface area is 101 Å². The van der Waals surface area contributed by atoms with Gasteiger partial charge in [0.05, 0.1) is 16.8 Å². The van der Waals surface area contributed by atoms with E-state index in [0.29, 0.717) is 6.61 Å². The molecule has 1 aromatic carbocycles. The maximum Gasteiger partial charge on any atom is 0.183 e. The van der Waals surface area contributed by atoms with Crippen molar-refractivity contribution in [1.29, 1.82) is 0 Å². The Kier molecular flexibility index (Phi) is 3.01. The molecule has 1 aliphatic rings. The minimum atomic E-state index is -3.51. The molecule has 0 radical (unpaired) electrons. The van der Waals surface area contributed by atoms with E-state index in [1.54, 1.807) is 25.1 Å². The number of hydrogen-bond donors (Lipinski definition) is 1. The van der Waals surface area contributed by atoms with Crippen LogP contribution in [0.2, 0.25) is 0 Å². The number of sulfone groups is 1. The van der Waals surface area contributed by atoms with Crippen LogP contribution in [0.5, 0.6) is 0 Å². The maximum absolute atomic E-state index is 12.2. The third-order valence-corrected chi connectivity index (χ3v) is 5.40. The molecule has 1 heterocycles. The zero-order valence-electron chi connectivity index (χ0n) is 9.83. The Morgan fingerprint density at radius 1 is 1.35 bits per heavy atom. The zero-order valence-corrected chi connectivity index (χ0v) is 10.6. The third kappa shape index (κ3) is 2.22. The SMILES string of the molecule is C[C@@H]([C@H](O)[C@@]1(C)CO1)S(=O)(=O)c1ccccc1. The average molecular weight is 256 g/mol. The first kappa shape index (κ1) is 12.5. The molecule has 2 rings (SSSR count).